The molecule has 0 unspecified atom stereocenters. The lowest BCUT2D eigenvalue weighted by Crippen LogP contribution is -2.25. The molecular weight excluding hydrogens is 376 g/mol. The third kappa shape index (κ3) is 4.38. The van der Waals surface area contributed by atoms with Crippen molar-refractivity contribution in [2.45, 2.75) is 13.5 Å². The summed E-state index contributed by atoms with van der Waals surface area (Å²) in [6, 6.07) is 23.2. The lowest BCUT2D eigenvalue weighted by Gasteiger charge is -2.11. The molecule has 0 atom stereocenters. The van der Waals surface area contributed by atoms with Crippen LogP contribution in [0.1, 0.15) is 21.7 Å². The zero-order chi connectivity index (χ0) is 20.9. The average molecular weight is 398 g/mol. The average Bonchev–Trinajstić information content (AvgIpc) is 2.79. The second-order valence-corrected chi connectivity index (χ2v) is 6.93. The van der Waals surface area contributed by atoms with Gasteiger partial charge in [0.2, 0.25) is 5.82 Å². The van der Waals surface area contributed by atoms with E-state index in [4.69, 9.17) is 4.74 Å². The number of carbonyl (C=O) groups excluding carboxylic acids is 1. The lowest BCUT2D eigenvalue weighted by molar-refractivity contribution is 0.0941. The van der Waals surface area contributed by atoms with Crippen molar-refractivity contribution < 1.29 is 9.53 Å². The van der Waals surface area contributed by atoms with E-state index < -0.39 is 0 Å². The van der Waals surface area contributed by atoms with Crippen LogP contribution in [0.5, 0.6) is 5.75 Å². The number of nitrogens with one attached hydrogen (secondary N) is 2. The van der Waals surface area contributed by atoms with Crippen molar-refractivity contribution >= 4 is 28.3 Å². The number of aryl methyl sites for hydroxylation is 1. The number of ether oxygens (including phenoxy) is 1. The Hall–Kier alpha value is -3.93. The third-order valence-electron chi connectivity index (χ3n) is 4.73. The van der Waals surface area contributed by atoms with Crippen molar-refractivity contribution in [2.24, 2.45) is 0 Å². The monoisotopic (exact) mass is 398 g/mol. The Morgan fingerprint density at radius 1 is 0.933 bits per heavy atom. The van der Waals surface area contributed by atoms with Crippen molar-refractivity contribution in [1.29, 1.82) is 0 Å². The predicted octanol–water partition coefficient (Wildman–Crippen LogP) is 4.62. The number of hydrogen-bond donors (Lipinski definition) is 2. The normalized spacial score (nSPS) is 10.6. The number of anilines is 2. The smallest absolute Gasteiger partial charge is 0.289 e. The van der Waals surface area contributed by atoms with Crippen LogP contribution >= 0.6 is 0 Å². The largest absolute Gasteiger partial charge is 0.497 e. The minimum absolute atomic E-state index is 0.122. The highest BCUT2D eigenvalue weighted by Gasteiger charge is 2.14. The molecule has 0 aliphatic rings. The van der Waals surface area contributed by atoms with Gasteiger partial charge in [0.05, 0.1) is 12.6 Å². The number of carbonyl (C=O) groups is 1. The molecule has 0 aliphatic heterocycles. The molecule has 30 heavy (non-hydrogen) atoms. The Morgan fingerprint density at radius 3 is 2.40 bits per heavy atom. The van der Waals surface area contributed by atoms with Gasteiger partial charge in [-0.1, -0.05) is 42.0 Å². The summed E-state index contributed by atoms with van der Waals surface area (Å²) in [5.41, 5.74) is 3.74. The number of benzene rings is 3. The van der Waals surface area contributed by atoms with Crippen LogP contribution < -0.4 is 15.4 Å². The van der Waals surface area contributed by atoms with Crippen molar-refractivity contribution in [1.82, 2.24) is 15.3 Å². The highest BCUT2D eigenvalue weighted by Crippen LogP contribution is 2.24. The number of rotatable bonds is 6. The Labute approximate surface area is 175 Å². The molecule has 4 aromatic rings. The number of hydrogen-bond acceptors (Lipinski definition) is 5. The molecule has 1 heterocycles. The highest BCUT2D eigenvalue weighted by atomic mass is 16.5. The van der Waals surface area contributed by atoms with E-state index in [1.54, 1.807) is 7.11 Å². The van der Waals surface area contributed by atoms with Gasteiger partial charge in [-0.3, -0.25) is 4.79 Å². The molecule has 1 aromatic heterocycles. The zero-order valence-electron chi connectivity index (χ0n) is 16.8. The van der Waals surface area contributed by atoms with Gasteiger partial charge in [0.1, 0.15) is 11.6 Å². The summed E-state index contributed by atoms with van der Waals surface area (Å²) in [5, 5.41) is 7.05. The highest BCUT2D eigenvalue weighted by molar-refractivity contribution is 5.97. The first kappa shape index (κ1) is 19.4. The third-order valence-corrected chi connectivity index (χ3v) is 4.73. The van der Waals surface area contributed by atoms with Crippen molar-refractivity contribution in [2.75, 3.05) is 12.4 Å². The second-order valence-electron chi connectivity index (χ2n) is 6.93. The molecule has 6 heteroatoms. The molecule has 0 saturated heterocycles. The van der Waals surface area contributed by atoms with Gasteiger partial charge in [0, 0.05) is 17.6 Å². The first-order chi connectivity index (χ1) is 14.6. The van der Waals surface area contributed by atoms with Crippen LogP contribution in [-0.2, 0) is 6.54 Å². The van der Waals surface area contributed by atoms with E-state index in [2.05, 4.69) is 20.6 Å². The van der Waals surface area contributed by atoms with E-state index in [9.17, 15) is 4.79 Å². The molecule has 0 saturated carbocycles. The van der Waals surface area contributed by atoms with Gasteiger partial charge in [-0.2, -0.15) is 0 Å². The van der Waals surface area contributed by atoms with Crippen LogP contribution in [0.15, 0.2) is 72.8 Å². The van der Waals surface area contributed by atoms with Crippen LogP contribution in [0.2, 0.25) is 0 Å². The molecule has 0 spiro atoms. The van der Waals surface area contributed by atoms with Crippen LogP contribution in [0, 0.1) is 6.92 Å². The Kier molecular flexibility index (Phi) is 5.57. The summed E-state index contributed by atoms with van der Waals surface area (Å²) in [7, 11) is 1.62. The number of amides is 1. The zero-order valence-corrected chi connectivity index (χ0v) is 16.8. The van der Waals surface area contributed by atoms with E-state index in [-0.39, 0.29) is 11.7 Å². The van der Waals surface area contributed by atoms with Gasteiger partial charge >= 0.3 is 0 Å². The van der Waals surface area contributed by atoms with Crippen molar-refractivity contribution in [3.05, 3.63) is 89.7 Å². The molecule has 2 N–H and O–H groups in total. The van der Waals surface area contributed by atoms with Gasteiger partial charge in [-0.05, 0) is 48.9 Å². The second kappa shape index (κ2) is 8.61. The molecule has 4 rings (SSSR count). The molecule has 3 aromatic carbocycles. The quantitative estimate of drug-likeness (QED) is 0.496. The molecule has 150 valence electrons. The Bertz CT molecular complexity index is 1170. The lowest BCUT2D eigenvalue weighted by atomic mass is 10.2. The van der Waals surface area contributed by atoms with E-state index in [1.807, 2.05) is 79.7 Å². The first-order valence-electron chi connectivity index (χ1n) is 9.64. The molecular formula is C24H22N4O2. The topological polar surface area (TPSA) is 76.1 Å². The molecule has 0 bridgehead atoms. The molecule has 0 radical (unpaired) electrons. The molecule has 0 fully saturated rings. The van der Waals surface area contributed by atoms with Gasteiger partial charge in [-0.25, -0.2) is 9.97 Å². The van der Waals surface area contributed by atoms with Crippen molar-refractivity contribution in [3.8, 4) is 5.75 Å². The van der Waals surface area contributed by atoms with Crippen LogP contribution in [0.3, 0.4) is 0 Å². The summed E-state index contributed by atoms with van der Waals surface area (Å²) in [5.74, 6) is 1.16. The van der Waals surface area contributed by atoms with E-state index in [0.29, 0.717) is 17.9 Å². The maximum absolute atomic E-state index is 12.7. The summed E-state index contributed by atoms with van der Waals surface area (Å²) in [6.45, 7) is 2.41. The van der Waals surface area contributed by atoms with Crippen LogP contribution in [0.25, 0.3) is 10.9 Å². The maximum Gasteiger partial charge on any atom is 0.289 e. The fourth-order valence-electron chi connectivity index (χ4n) is 3.05. The Balaban J connectivity index is 1.58. The molecule has 1 amide bonds. The van der Waals surface area contributed by atoms with Gasteiger partial charge < -0.3 is 15.4 Å². The van der Waals surface area contributed by atoms with E-state index in [0.717, 1.165) is 22.4 Å². The maximum atomic E-state index is 12.7. The summed E-state index contributed by atoms with van der Waals surface area (Å²) >= 11 is 0. The summed E-state index contributed by atoms with van der Waals surface area (Å²) in [4.78, 5) is 21.7. The minimum Gasteiger partial charge on any atom is -0.497 e. The number of nitrogens with zero attached hydrogens (tertiary/aromatic N) is 2. The molecule has 0 aliphatic carbocycles. The fraction of sp³-hybridized carbons (Fsp3) is 0.125. The van der Waals surface area contributed by atoms with Crippen molar-refractivity contribution in [3.63, 3.8) is 0 Å². The number of aromatic nitrogens is 2. The number of fused-ring (bicyclic) bond motifs is 1. The van der Waals surface area contributed by atoms with Gasteiger partial charge in [0.15, 0.2) is 0 Å². The summed E-state index contributed by atoms with van der Waals surface area (Å²) in [6.07, 6.45) is 0. The Morgan fingerprint density at radius 2 is 1.67 bits per heavy atom. The van der Waals surface area contributed by atoms with Crippen LogP contribution in [0.4, 0.5) is 11.5 Å². The summed E-state index contributed by atoms with van der Waals surface area (Å²) < 4.78 is 5.16. The number of para-hydroxylation sites is 1. The minimum atomic E-state index is -0.330. The van der Waals surface area contributed by atoms with Gasteiger partial charge in [-0.15, -0.1) is 0 Å². The van der Waals surface area contributed by atoms with E-state index in [1.165, 1.54) is 5.56 Å². The number of methoxy groups -OCH3 is 1. The van der Waals surface area contributed by atoms with Gasteiger partial charge in [0.25, 0.3) is 5.91 Å². The SMILES string of the molecule is COc1ccc(CNC(=O)c2nc(Nc3ccc(C)cc3)c3ccccc3n2)cc1. The standard InChI is InChI=1S/C24H22N4O2/c1-16-7-11-18(12-8-16)26-22-20-5-3-4-6-21(20)27-23(28-22)24(29)25-15-17-9-13-19(30-2)14-10-17/h3-14H,15H2,1-2H3,(H,25,29)(H,26,27,28). The fourth-order valence-corrected chi connectivity index (χ4v) is 3.05. The predicted molar refractivity (Wildman–Crippen MR) is 118 cm³/mol. The first-order valence-corrected chi connectivity index (χ1v) is 9.64. The van der Waals surface area contributed by atoms with Crippen LogP contribution in [-0.4, -0.2) is 23.0 Å². The molecule has 6 nitrogen and oxygen atoms in total. The van der Waals surface area contributed by atoms with E-state index >= 15 is 0 Å².